The summed E-state index contributed by atoms with van der Waals surface area (Å²) in [5, 5.41) is -0.547. The quantitative estimate of drug-likeness (QED) is 0.882. The molecule has 0 aliphatic heterocycles. The number of aryl methyl sites for hydroxylation is 1. The Balaban J connectivity index is 2.30. The fraction of sp³-hybridized carbons (Fsp3) is 0.571. The van der Waals surface area contributed by atoms with Gasteiger partial charge in [0.2, 0.25) is 0 Å². The summed E-state index contributed by atoms with van der Waals surface area (Å²) in [7, 11) is -3.18. The van der Waals surface area contributed by atoms with Crippen LogP contribution in [0.25, 0.3) is 0 Å². The van der Waals surface area contributed by atoms with E-state index < -0.39 is 20.6 Å². The number of nitrogens with two attached hydrogens (primary N) is 1. The standard InChI is InChI=1S/C14H21NO3S/c1-4-18-9-14(15)12(13(14)19(3,16)17)11-7-5-10(2)6-8-11/h5-8,12-13H,4,9,15H2,1-3H3/t12-,13-,14-/m0/s1. The van der Waals surface area contributed by atoms with Gasteiger partial charge >= 0.3 is 0 Å². The summed E-state index contributed by atoms with van der Waals surface area (Å²) in [6.07, 6.45) is 1.25. The van der Waals surface area contributed by atoms with Crippen molar-refractivity contribution in [2.45, 2.75) is 30.6 Å². The van der Waals surface area contributed by atoms with E-state index in [9.17, 15) is 8.42 Å². The number of sulfone groups is 1. The molecule has 0 heterocycles. The molecular weight excluding hydrogens is 262 g/mol. The average Bonchev–Trinajstić information content (AvgIpc) is 2.95. The van der Waals surface area contributed by atoms with E-state index >= 15 is 0 Å². The normalized spacial score (nSPS) is 30.3. The average molecular weight is 283 g/mol. The van der Waals surface area contributed by atoms with Gasteiger partial charge in [-0.05, 0) is 19.4 Å². The molecule has 106 valence electrons. The van der Waals surface area contributed by atoms with E-state index in [-0.39, 0.29) is 12.5 Å². The fourth-order valence-corrected chi connectivity index (χ4v) is 4.62. The molecule has 3 atom stereocenters. The highest BCUT2D eigenvalue weighted by Crippen LogP contribution is 2.53. The van der Waals surface area contributed by atoms with Gasteiger partial charge in [0.05, 0.1) is 17.4 Å². The lowest BCUT2D eigenvalue weighted by Gasteiger charge is -2.11. The van der Waals surface area contributed by atoms with Crippen molar-refractivity contribution < 1.29 is 13.2 Å². The second-order valence-corrected chi connectivity index (χ2v) is 7.55. The Kier molecular flexibility index (Phi) is 3.73. The Morgan fingerprint density at radius 3 is 2.37 bits per heavy atom. The predicted molar refractivity (Wildman–Crippen MR) is 76.0 cm³/mol. The number of hydrogen-bond donors (Lipinski definition) is 1. The van der Waals surface area contributed by atoms with Gasteiger partial charge in [-0.1, -0.05) is 29.8 Å². The van der Waals surface area contributed by atoms with Crippen molar-refractivity contribution in [1.82, 2.24) is 0 Å². The zero-order valence-corrected chi connectivity index (χ0v) is 12.4. The first-order valence-electron chi connectivity index (χ1n) is 6.42. The molecule has 2 rings (SSSR count). The van der Waals surface area contributed by atoms with Gasteiger partial charge in [0.15, 0.2) is 9.84 Å². The summed E-state index contributed by atoms with van der Waals surface area (Å²) < 4.78 is 29.1. The van der Waals surface area contributed by atoms with E-state index in [1.54, 1.807) is 0 Å². The van der Waals surface area contributed by atoms with Crippen LogP contribution in [0.5, 0.6) is 0 Å². The van der Waals surface area contributed by atoms with Crippen LogP contribution in [0.15, 0.2) is 24.3 Å². The number of hydrogen-bond acceptors (Lipinski definition) is 4. The van der Waals surface area contributed by atoms with Crippen LogP contribution in [-0.2, 0) is 14.6 Å². The molecule has 4 nitrogen and oxygen atoms in total. The van der Waals surface area contributed by atoms with Crippen molar-refractivity contribution >= 4 is 9.84 Å². The third kappa shape index (κ3) is 2.68. The smallest absolute Gasteiger partial charge is 0.152 e. The summed E-state index contributed by atoms with van der Waals surface area (Å²) in [6.45, 7) is 4.69. The molecule has 1 aromatic rings. The molecule has 0 aromatic heterocycles. The van der Waals surface area contributed by atoms with Gasteiger partial charge in [-0.3, -0.25) is 0 Å². The van der Waals surface area contributed by atoms with Crippen molar-refractivity contribution in [1.29, 1.82) is 0 Å². The van der Waals surface area contributed by atoms with Crippen molar-refractivity contribution in [2.24, 2.45) is 5.73 Å². The van der Waals surface area contributed by atoms with E-state index in [1.807, 2.05) is 38.1 Å². The SMILES string of the molecule is CCOC[C@]1(N)[C@@H](c2ccc(C)cc2)[C@@H]1S(C)(=O)=O. The van der Waals surface area contributed by atoms with Crippen LogP contribution in [-0.4, -0.2) is 38.7 Å². The molecule has 1 aliphatic carbocycles. The summed E-state index contributed by atoms with van der Waals surface area (Å²) in [5.41, 5.74) is 7.60. The van der Waals surface area contributed by atoms with Crippen LogP contribution in [0.1, 0.15) is 24.0 Å². The topological polar surface area (TPSA) is 69.4 Å². The van der Waals surface area contributed by atoms with Crippen LogP contribution in [0.2, 0.25) is 0 Å². The Morgan fingerprint density at radius 1 is 1.32 bits per heavy atom. The zero-order chi connectivity index (χ0) is 14.3. The predicted octanol–water partition coefficient (Wildman–Crippen LogP) is 1.24. The highest BCUT2D eigenvalue weighted by atomic mass is 32.2. The van der Waals surface area contributed by atoms with Gasteiger partial charge < -0.3 is 10.5 Å². The van der Waals surface area contributed by atoms with Crippen LogP contribution in [0.4, 0.5) is 0 Å². The first-order valence-corrected chi connectivity index (χ1v) is 8.38. The van der Waals surface area contributed by atoms with Crippen molar-refractivity contribution in [2.75, 3.05) is 19.5 Å². The third-order valence-corrected chi connectivity index (χ3v) is 5.39. The number of benzene rings is 1. The second kappa shape index (κ2) is 4.89. The highest BCUT2D eigenvalue weighted by Gasteiger charge is 2.67. The van der Waals surface area contributed by atoms with E-state index in [4.69, 9.17) is 10.5 Å². The van der Waals surface area contributed by atoms with Gasteiger partial charge in [0.25, 0.3) is 0 Å². The Morgan fingerprint density at radius 2 is 1.89 bits per heavy atom. The molecule has 0 bridgehead atoms. The molecule has 0 unspecified atom stereocenters. The zero-order valence-electron chi connectivity index (χ0n) is 11.6. The van der Waals surface area contributed by atoms with Crippen molar-refractivity contribution in [3.8, 4) is 0 Å². The molecule has 19 heavy (non-hydrogen) atoms. The summed E-state index contributed by atoms with van der Waals surface area (Å²) in [5.74, 6) is -0.172. The van der Waals surface area contributed by atoms with Crippen molar-refractivity contribution in [3.05, 3.63) is 35.4 Å². The molecule has 1 saturated carbocycles. The molecule has 1 fully saturated rings. The minimum absolute atomic E-state index is 0.172. The maximum atomic E-state index is 11.9. The summed E-state index contributed by atoms with van der Waals surface area (Å²) in [4.78, 5) is 0. The second-order valence-electron chi connectivity index (χ2n) is 5.39. The minimum atomic E-state index is -3.18. The van der Waals surface area contributed by atoms with E-state index in [2.05, 4.69) is 0 Å². The molecule has 5 heteroatoms. The highest BCUT2D eigenvalue weighted by molar-refractivity contribution is 7.91. The van der Waals surface area contributed by atoms with Crippen molar-refractivity contribution in [3.63, 3.8) is 0 Å². The molecule has 1 aliphatic rings. The summed E-state index contributed by atoms with van der Waals surface area (Å²) in [6, 6.07) is 7.87. The van der Waals surface area contributed by atoms with E-state index in [0.717, 1.165) is 11.1 Å². The lowest BCUT2D eigenvalue weighted by molar-refractivity contribution is 0.125. The molecule has 0 saturated heterocycles. The van der Waals surface area contributed by atoms with Gasteiger partial charge in [0.1, 0.15) is 0 Å². The molecule has 2 N–H and O–H groups in total. The molecule has 0 amide bonds. The van der Waals surface area contributed by atoms with Crippen LogP contribution in [0.3, 0.4) is 0 Å². The van der Waals surface area contributed by atoms with Gasteiger partial charge in [-0.25, -0.2) is 8.42 Å². The maximum Gasteiger partial charge on any atom is 0.152 e. The largest absolute Gasteiger partial charge is 0.380 e. The third-order valence-electron chi connectivity index (χ3n) is 3.76. The monoisotopic (exact) mass is 283 g/mol. The lowest BCUT2D eigenvalue weighted by atomic mass is 10.1. The van der Waals surface area contributed by atoms with Crippen LogP contribution in [0, 0.1) is 6.92 Å². The molecule has 0 spiro atoms. The van der Waals surface area contributed by atoms with E-state index in [1.165, 1.54) is 6.26 Å². The van der Waals surface area contributed by atoms with Crippen LogP contribution >= 0.6 is 0 Å². The van der Waals surface area contributed by atoms with Crippen LogP contribution < -0.4 is 5.73 Å². The number of rotatable bonds is 5. The Labute approximate surface area is 114 Å². The Bertz CT molecular complexity index is 553. The molecule has 0 radical (unpaired) electrons. The lowest BCUT2D eigenvalue weighted by Crippen LogP contribution is -2.36. The van der Waals surface area contributed by atoms with Gasteiger partial charge in [0, 0.05) is 18.8 Å². The number of ether oxygens (including phenoxy) is 1. The fourth-order valence-electron chi connectivity index (χ4n) is 2.78. The maximum absolute atomic E-state index is 11.9. The molecular formula is C14H21NO3S. The van der Waals surface area contributed by atoms with Gasteiger partial charge in [-0.15, -0.1) is 0 Å². The first-order chi connectivity index (χ1) is 8.80. The van der Waals surface area contributed by atoms with Gasteiger partial charge in [-0.2, -0.15) is 0 Å². The minimum Gasteiger partial charge on any atom is -0.380 e. The summed E-state index contributed by atoms with van der Waals surface area (Å²) >= 11 is 0. The van der Waals surface area contributed by atoms with E-state index in [0.29, 0.717) is 6.61 Å². The molecule has 1 aromatic carbocycles. The Hall–Kier alpha value is -0.910. The first kappa shape index (κ1) is 14.5.